The first kappa shape index (κ1) is 20.3. The summed E-state index contributed by atoms with van der Waals surface area (Å²) in [5, 5.41) is 3.82. The lowest BCUT2D eigenvalue weighted by atomic mass is 9.74. The van der Waals surface area contributed by atoms with Gasteiger partial charge in [0.05, 0.1) is 6.54 Å². The standard InChI is InChI=1S/C17H24ClN3O.HI/c1-13(2)11-20-16(19)21-12-17(6-8-22-9-7-17)14-4-3-5-15(18)10-14;/h3-5,10H,1,6-9,11-12H2,2H3,(H3,19,20,21);1H. The molecule has 6 heteroatoms. The van der Waals surface area contributed by atoms with Crippen molar-refractivity contribution in [2.75, 3.05) is 26.3 Å². The molecule has 1 aromatic carbocycles. The van der Waals surface area contributed by atoms with Crippen molar-refractivity contribution in [2.45, 2.75) is 25.2 Å². The topological polar surface area (TPSA) is 59.6 Å². The SMILES string of the molecule is C=C(C)CNC(N)=NCC1(c2cccc(Cl)c2)CCOCC1.I. The highest BCUT2D eigenvalue weighted by atomic mass is 127. The van der Waals surface area contributed by atoms with Gasteiger partial charge in [-0.25, -0.2) is 0 Å². The van der Waals surface area contributed by atoms with Crippen LogP contribution in [0, 0.1) is 0 Å². The van der Waals surface area contributed by atoms with Crippen molar-refractivity contribution in [2.24, 2.45) is 10.7 Å². The zero-order chi connectivity index (χ0) is 16.0. The van der Waals surface area contributed by atoms with E-state index in [0.717, 1.165) is 36.7 Å². The maximum atomic E-state index is 6.16. The Morgan fingerprint density at radius 1 is 1.43 bits per heavy atom. The Hall–Kier alpha value is -0.790. The molecule has 23 heavy (non-hydrogen) atoms. The van der Waals surface area contributed by atoms with Gasteiger partial charge in [-0.05, 0) is 37.5 Å². The summed E-state index contributed by atoms with van der Waals surface area (Å²) in [4.78, 5) is 4.54. The van der Waals surface area contributed by atoms with Crippen LogP contribution in [0.3, 0.4) is 0 Å². The Morgan fingerprint density at radius 2 is 2.13 bits per heavy atom. The molecule has 0 amide bonds. The number of hydrogen-bond acceptors (Lipinski definition) is 2. The summed E-state index contributed by atoms with van der Waals surface area (Å²) in [6.07, 6.45) is 1.84. The Morgan fingerprint density at radius 3 is 2.74 bits per heavy atom. The highest BCUT2D eigenvalue weighted by molar-refractivity contribution is 14.0. The number of nitrogens with one attached hydrogen (secondary N) is 1. The van der Waals surface area contributed by atoms with E-state index in [1.165, 1.54) is 5.56 Å². The molecule has 1 aromatic rings. The van der Waals surface area contributed by atoms with Crippen LogP contribution in [0.4, 0.5) is 0 Å². The van der Waals surface area contributed by atoms with Crippen molar-refractivity contribution >= 4 is 41.5 Å². The molecule has 0 unspecified atom stereocenters. The van der Waals surface area contributed by atoms with Gasteiger partial charge in [0.1, 0.15) is 0 Å². The molecule has 0 aromatic heterocycles. The summed E-state index contributed by atoms with van der Waals surface area (Å²) < 4.78 is 5.52. The Balaban J connectivity index is 0.00000264. The number of nitrogens with zero attached hydrogens (tertiary/aromatic N) is 1. The van der Waals surface area contributed by atoms with Gasteiger partial charge in [0.15, 0.2) is 5.96 Å². The number of benzene rings is 1. The van der Waals surface area contributed by atoms with Crippen molar-refractivity contribution in [3.63, 3.8) is 0 Å². The Kier molecular flexibility index (Phi) is 8.36. The lowest BCUT2D eigenvalue weighted by molar-refractivity contribution is 0.0531. The van der Waals surface area contributed by atoms with Crippen LogP contribution < -0.4 is 11.1 Å². The second kappa shape index (κ2) is 9.49. The summed E-state index contributed by atoms with van der Waals surface area (Å²) in [5.41, 5.74) is 8.12. The predicted octanol–water partition coefficient (Wildman–Crippen LogP) is 3.49. The van der Waals surface area contributed by atoms with Crippen LogP contribution in [0.25, 0.3) is 0 Å². The van der Waals surface area contributed by atoms with Gasteiger partial charge in [0, 0.05) is 30.2 Å². The first-order valence-electron chi connectivity index (χ1n) is 7.54. The fourth-order valence-corrected chi connectivity index (χ4v) is 2.84. The lowest BCUT2D eigenvalue weighted by Gasteiger charge is -2.36. The molecule has 0 radical (unpaired) electrons. The van der Waals surface area contributed by atoms with Crippen molar-refractivity contribution in [1.29, 1.82) is 0 Å². The molecular formula is C17H25ClIN3O. The van der Waals surface area contributed by atoms with Crippen LogP contribution >= 0.6 is 35.6 Å². The normalized spacial score (nSPS) is 17.2. The lowest BCUT2D eigenvalue weighted by Crippen LogP contribution is -2.39. The third kappa shape index (κ3) is 5.97. The van der Waals surface area contributed by atoms with Crippen LogP contribution in [-0.4, -0.2) is 32.3 Å². The average molecular weight is 450 g/mol. The van der Waals surface area contributed by atoms with Gasteiger partial charge >= 0.3 is 0 Å². The van der Waals surface area contributed by atoms with Gasteiger partial charge in [-0.15, -0.1) is 24.0 Å². The van der Waals surface area contributed by atoms with Crippen molar-refractivity contribution in [3.8, 4) is 0 Å². The van der Waals surface area contributed by atoms with Crippen LogP contribution in [0.5, 0.6) is 0 Å². The fourth-order valence-electron chi connectivity index (χ4n) is 2.65. The third-order valence-electron chi connectivity index (χ3n) is 4.01. The number of aliphatic imine (C=N–C) groups is 1. The first-order valence-corrected chi connectivity index (χ1v) is 7.92. The second-order valence-electron chi connectivity index (χ2n) is 5.92. The molecule has 3 N–H and O–H groups in total. The second-order valence-corrected chi connectivity index (χ2v) is 6.35. The number of nitrogens with two attached hydrogens (primary N) is 1. The number of ether oxygens (including phenoxy) is 1. The average Bonchev–Trinajstić information content (AvgIpc) is 2.52. The van der Waals surface area contributed by atoms with E-state index >= 15 is 0 Å². The molecule has 2 rings (SSSR count). The summed E-state index contributed by atoms with van der Waals surface area (Å²) in [6, 6.07) is 8.02. The van der Waals surface area contributed by atoms with E-state index in [4.69, 9.17) is 22.1 Å². The van der Waals surface area contributed by atoms with Crippen molar-refractivity contribution in [3.05, 3.63) is 47.0 Å². The Labute approximate surface area is 160 Å². The van der Waals surface area contributed by atoms with Crippen LogP contribution in [0.15, 0.2) is 41.4 Å². The minimum absolute atomic E-state index is 0. The van der Waals surface area contributed by atoms with E-state index in [0.29, 0.717) is 19.0 Å². The summed E-state index contributed by atoms with van der Waals surface area (Å²) in [5.74, 6) is 0.455. The van der Waals surface area contributed by atoms with Gasteiger partial charge in [-0.1, -0.05) is 35.9 Å². The molecule has 0 aliphatic carbocycles. The molecular weight excluding hydrogens is 425 g/mol. The molecule has 0 bridgehead atoms. The first-order chi connectivity index (χ1) is 10.5. The van der Waals surface area contributed by atoms with E-state index in [1.54, 1.807) is 0 Å². The van der Waals surface area contributed by atoms with Gasteiger partial charge < -0.3 is 15.8 Å². The van der Waals surface area contributed by atoms with Gasteiger partial charge in [0.2, 0.25) is 0 Å². The monoisotopic (exact) mass is 449 g/mol. The van der Waals surface area contributed by atoms with Gasteiger partial charge in [0.25, 0.3) is 0 Å². The molecule has 128 valence electrons. The van der Waals surface area contributed by atoms with E-state index in [2.05, 4.69) is 23.0 Å². The van der Waals surface area contributed by atoms with Gasteiger partial charge in [-0.3, -0.25) is 4.99 Å². The van der Waals surface area contributed by atoms with E-state index in [9.17, 15) is 0 Å². The molecule has 1 saturated heterocycles. The quantitative estimate of drug-likeness (QED) is 0.313. The molecule has 1 aliphatic rings. The van der Waals surface area contributed by atoms with Crippen molar-refractivity contribution in [1.82, 2.24) is 5.32 Å². The largest absolute Gasteiger partial charge is 0.381 e. The Bertz CT molecular complexity index is 557. The summed E-state index contributed by atoms with van der Waals surface area (Å²) >= 11 is 6.16. The smallest absolute Gasteiger partial charge is 0.188 e. The highest BCUT2D eigenvalue weighted by Gasteiger charge is 2.34. The zero-order valence-electron chi connectivity index (χ0n) is 13.5. The van der Waals surface area contributed by atoms with Gasteiger partial charge in [-0.2, -0.15) is 0 Å². The van der Waals surface area contributed by atoms with Crippen LogP contribution in [-0.2, 0) is 10.2 Å². The molecule has 1 heterocycles. The zero-order valence-corrected chi connectivity index (χ0v) is 16.6. The van der Waals surface area contributed by atoms with E-state index in [1.807, 2.05) is 25.1 Å². The number of guanidine groups is 1. The molecule has 0 atom stereocenters. The predicted molar refractivity (Wildman–Crippen MR) is 108 cm³/mol. The number of rotatable bonds is 5. The van der Waals surface area contributed by atoms with Crippen molar-refractivity contribution < 1.29 is 4.74 Å². The summed E-state index contributed by atoms with van der Waals surface area (Å²) in [6.45, 7) is 8.54. The maximum Gasteiger partial charge on any atom is 0.188 e. The third-order valence-corrected chi connectivity index (χ3v) is 4.25. The minimum Gasteiger partial charge on any atom is -0.381 e. The maximum absolute atomic E-state index is 6.16. The number of halogens is 2. The molecule has 1 aliphatic heterocycles. The summed E-state index contributed by atoms with van der Waals surface area (Å²) in [7, 11) is 0. The van der Waals surface area contributed by atoms with Crippen LogP contribution in [0.1, 0.15) is 25.3 Å². The fraction of sp³-hybridized carbons (Fsp3) is 0.471. The molecule has 1 fully saturated rings. The van der Waals surface area contributed by atoms with Crippen LogP contribution in [0.2, 0.25) is 5.02 Å². The van der Waals surface area contributed by atoms with E-state index < -0.39 is 0 Å². The molecule has 4 nitrogen and oxygen atoms in total. The number of hydrogen-bond donors (Lipinski definition) is 2. The molecule has 0 spiro atoms. The molecule has 0 saturated carbocycles. The highest BCUT2D eigenvalue weighted by Crippen LogP contribution is 2.36. The minimum atomic E-state index is -0.0569. The van der Waals surface area contributed by atoms with E-state index in [-0.39, 0.29) is 29.4 Å².